The minimum Gasteiger partial charge on any atom is -0.338 e. The number of amides is 1. The number of nitrogens with one attached hydrogen (secondary N) is 1. The highest BCUT2D eigenvalue weighted by Gasteiger charge is 2.26. The number of rotatable bonds is 4. The Balaban J connectivity index is 1.53. The number of nitrogens with zero attached hydrogens (tertiary/aromatic N) is 4. The Morgan fingerprint density at radius 2 is 1.75 bits per heavy atom. The van der Waals surface area contributed by atoms with Gasteiger partial charge in [0.05, 0.1) is 6.04 Å². The average molecular weight is 390 g/mol. The Morgan fingerprint density at radius 1 is 1.12 bits per heavy atom. The molecule has 1 N–H and O–H groups in total. The lowest BCUT2D eigenvalue weighted by Crippen LogP contribution is -2.53. The van der Waals surface area contributed by atoms with Gasteiger partial charge in [-0.25, -0.2) is 9.97 Å². The molecule has 1 atom stereocenters. The van der Waals surface area contributed by atoms with Crippen LogP contribution in [0.1, 0.15) is 6.92 Å². The molecule has 7 heteroatoms. The summed E-state index contributed by atoms with van der Waals surface area (Å²) in [5.74, 6) is 0.769. The molecule has 6 nitrogen and oxygen atoms in total. The number of piperazine rings is 1. The van der Waals surface area contributed by atoms with Gasteiger partial charge in [0.25, 0.3) is 0 Å². The van der Waals surface area contributed by atoms with Gasteiger partial charge in [-0.1, -0.05) is 15.9 Å². The van der Waals surface area contributed by atoms with Gasteiger partial charge in [0, 0.05) is 48.7 Å². The lowest BCUT2D eigenvalue weighted by atomic mass is 10.2. The molecule has 1 aromatic heterocycles. The molecule has 1 aliphatic rings. The van der Waals surface area contributed by atoms with Crippen LogP contribution in [-0.2, 0) is 4.79 Å². The van der Waals surface area contributed by atoms with Crippen molar-refractivity contribution in [2.45, 2.75) is 13.0 Å². The molecular formula is C17H20BrN5O. The van der Waals surface area contributed by atoms with Gasteiger partial charge in [-0.2, -0.15) is 0 Å². The van der Waals surface area contributed by atoms with E-state index in [1.54, 1.807) is 12.4 Å². The summed E-state index contributed by atoms with van der Waals surface area (Å²) in [6.45, 7) is 5.21. The van der Waals surface area contributed by atoms with E-state index in [9.17, 15) is 4.79 Å². The van der Waals surface area contributed by atoms with Crippen molar-refractivity contribution in [1.82, 2.24) is 14.9 Å². The maximum Gasteiger partial charge on any atom is 0.241 e. The summed E-state index contributed by atoms with van der Waals surface area (Å²) >= 11 is 3.39. The van der Waals surface area contributed by atoms with Crippen molar-refractivity contribution in [2.24, 2.45) is 0 Å². The molecule has 0 radical (unpaired) electrons. The van der Waals surface area contributed by atoms with Crippen LogP contribution in [0.2, 0.25) is 0 Å². The van der Waals surface area contributed by atoms with Crippen molar-refractivity contribution in [3.05, 3.63) is 47.2 Å². The van der Waals surface area contributed by atoms with E-state index in [2.05, 4.69) is 41.0 Å². The van der Waals surface area contributed by atoms with Crippen LogP contribution in [0, 0.1) is 0 Å². The van der Waals surface area contributed by atoms with Gasteiger partial charge in [-0.15, -0.1) is 0 Å². The Bertz CT molecular complexity index is 671. The quantitative estimate of drug-likeness (QED) is 0.869. The van der Waals surface area contributed by atoms with Crippen LogP contribution in [-0.4, -0.2) is 53.0 Å². The fourth-order valence-corrected chi connectivity index (χ4v) is 2.97. The van der Waals surface area contributed by atoms with Gasteiger partial charge >= 0.3 is 0 Å². The highest BCUT2D eigenvalue weighted by atomic mass is 79.9. The number of anilines is 2. The standard InChI is InChI=1S/C17H20BrN5O/c1-13(16(24)21-15-5-3-14(18)4-6-15)22-9-11-23(12-10-22)17-19-7-2-8-20-17/h2-8,13H,9-12H2,1H3,(H,21,24)/t13-/m0/s1. The molecule has 1 amide bonds. The van der Waals surface area contributed by atoms with E-state index in [-0.39, 0.29) is 11.9 Å². The van der Waals surface area contributed by atoms with E-state index in [0.29, 0.717) is 0 Å². The minimum absolute atomic E-state index is 0.0155. The fraction of sp³-hybridized carbons (Fsp3) is 0.353. The molecule has 24 heavy (non-hydrogen) atoms. The van der Waals surface area contributed by atoms with Gasteiger partial charge in [-0.3, -0.25) is 9.69 Å². The van der Waals surface area contributed by atoms with Crippen LogP contribution >= 0.6 is 15.9 Å². The van der Waals surface area contributed by atoms with E-state index in [0.717, 1.165) is 42.3 Å². The van der Waals surface area contributed by atoms with Crippen LogP contribution < -0.4 is 10.2 Å². The molecule has 1 aliphatic heterocycles. The van der Waals surface area contributed by atoms with Crippen molar-refractivity contribution in [3.63, 3.8) is 0 Å². The smallest absolute Gasteiger partial charge is 0.241 e. The summed E-state index contributed by atoms with van der Waals surface area (Å²) in [4.78, 5) is 25.3. The second-order valence-corrected chi connectivity index (χ2v) is 6.66. The largest absolute Gasteiger partial charge is 0.338 e. The summed E-state index contributed by atoms with van der Waals surface area (Å²) in [7, 11) is 0. The number of halogens is 1. The minimum atomic E-state index is -0.174. The van der Waals surface area contributed by atoms with Crippen molar-refractivity contribution >= 4 is 33.5 Å². The molecule has 3 rings (SSSR count). The first-order valence-corrected chi connectivity index (χ1v) is 8.75. The lowest BCUT2D eigenvalue weighted by Gasteiger charge is -2.37. The molecule has 1 aromatic carbocycles. The third kappa shape index (κ3) is 4.10. The maximum absolute atomic E-state index is 12.4. The molecule has 2 heterocycles. The third-order valence-electron chi connectivity index (χ3n) is 4.19. The molecule has 1 saturated heterocycles. The predicted molar refractivity (Wildman–Crippen MR) is 98.1 cm³/mol. The molecule has 0 unspecified atom stereocenters. The van der Waals surface area contributed by atoms with Crippen LogP contribution in [0.4, 0.5) is 11.6 Å². The predicted octanol–water partition coefficient (Wildman–Crippen LogP) is 2.39. The number of carbonyl (C=O) groups is 1. The topological polar surface area (TPSA) is 61.4 Å². The number of benzene rings is 1. The summed E-state index contributed by atoms with van der Waals surface area (Å²) in [6.07, 6.45) is 3.51. The number of hydrogen-bond acceptors (Lipinski definition) is 5. The Labute approximate surface area is 150 Å². The average Bonchev–Trinajstić information content (AvgIpc) is 2.64. The zero-order chi connectivity index (χ0) is 16.9. The van der Waals surface area contributed by atoms with E-state index < -0.39 is 0 Å². The molecule has 2 aromatic rings. The highest BCUT2D eigenvalue weighted by Crippen LogP contribution is 2.16. The third-order valence-corrected chi connectivity index (χ3v) is 4.72. The molecule has 1 fully saturated rings. The molecule has 0 bridgehead atoms. The van der Waals surface area contributed by atoms with Crippen LogP contribution in [0.3, 0.4) is 0 Å². The van der Waals surface area contributed by atoms with Crippen molar-refractivity contribution in [2.75, 3.05) is 36.4 Å². The second kappa shape index (κ2) is 7.72. The number of aromatic nitrogens is 2. The monoisotopic (exact) mass is 389 g/mol. The zero-order valence-electron chi connectivity index (χ0n) is 13.5. The van der Waals surface area contributed by atoms with Crippen molar-refractivity contribution in [3.8, 4) is 0 Å². The fourth-order valence-electron chi connectivity index (χ4n) is 2.71. The molecular weight excluding hydrogens is 370 g/mol. The SMILES string of the molecule is C[C@@H](C(=O)Nc1ccc(Br)cc1)N1CCN(c2ncccn2)CC1. The maximum atomic E-state index is 12.4. The molecule has 0 saturated carbocycles. The Hall–Kier alpha value is -1.99. The first-order chi connectivity index (χ1) is 11.6. The summed E-state index contributed by atoms with van der Waals surface area (Å²) in [5, 5.41) is 2.97. The van der Waals surface area contributed by atoms with Crippen LogP contribution in [0.25, 0.3) is 0 Å². The van der Waals surface area contributed by atoms with Crippen molar-refractivity contribution in [1.29, 1.82) is 0 Å². The second-order valence-electron chi connectivity index (χ2n) is 5.74. The van der Waals surface area contributed by atoms with Crippen molar-refractivity contribution < 1.29 is 4.79 Å². The number of carbonyl (C=O) groups excluding carboxylic acids is 1. The first-order valence-electron chi connectivity index (χ1n) is 7.96. The van der Waals surface area contributed by atoms with Gasteiger partial charge in [-0.05, 0) is 37.3 Å². The summed E-state index contributed by atoms with van der Waals surface area (Å²) < 4.78 is 0.993. The van der Waals surface area contributed by atoms with Crippen LogP contribution in [0.5, 0.6) is 0 Å². The Morgan fingerprint density at radius 3 is 2.38 bits per heavy atom. The molecule has 0 aliphatic carbocycles. The lowest BCUT2D eigenvalue weighted by molar-refractivity contribution is -0.120. The van der Waals surface area contributed by atoms with Crippen LogP contribution in [0.15, 0.2) is 47.2 Å². The normalized spacial score (nSPS) is 16.7. The molecule has 126 valence electrons. The summed E-state index contributed by atoms with van der Waals surface area (Å²) in [6, 6.07) is 9.25. The van der Waals surface area contributed by atoms with Gasteiger partial charge < -0.3 is 10.2 Å². The number of hydrogen-bond donors (Lipinski definition) is 1. The molecule has 0 spiro atoms. The first kappa shape index (κ1) is 16.9. The Kier molecular flexibility index (Phi) is 5.42. The van der Waals surface area contributed by atoms with E-state index >= 15 is 0 Å². The summed E-state index contributed by atoms with van der Waals surface area (Å²) in [5.41, 5.74) is 0.811. The highest BCUT2D eigenvalue weighted by molar-refractivity contribution is 9.10. The van der Waals surface area contributed by atoms with E-state index in [4.69, 9.17) is 0 Å². The van der Waals surface area contributed by atoms with E-state index in [1.807, 2.05) is 37.3 Å². The van der Waals surface area contributed by atoms with E-state index in [1.165, 1.54) is 0 Å². The zero-order valence-corrected chi connectivity index (χ0v) is 15.1. The van der Waals surface area contributed by atoms with Gasteiger partial charge in [0.1, 0.15) is 0 Å². The van der Waals surface area contributed by atoms with Gasteiger partial charge in [0.2, 0.25) is 11.9 Å². The van der Waals surface area contributed by atoms with Gasteiger partial charge in [0.15, 0.2) is 0 Å².